The summed E-state index contributed by atoms with van der Waals surface area (Å²) < 4.78 is 0. The van der Waals surface area contributed by atoms with E-state index in [2.05, 4.69) is 255 Å². The minimum atomic E-state index is -0.563. The van der Waals surface area contributed by atoms with Gasteiger partial charge in [-0.15, -0.1) is 0 Å². The number of fused-ring (bicyclic) bond motifs is 8. The van der Waals surface area contributed by atoms with Gasteiger partial charge in [0.05, 0.1) is 11.1 Å². The van der Waals surface area contributed by atoms with Crippen molar-refractivity contribution in [1.29, 1.82) is 0 Å². The minimum Gasteiger partial charge on any atom is -0.310 e. The number of hydrogen-bond donors (Lipinski definition) is 0. The molecule has 10 aromatic carbocycles. The standard InChI is InChI=1S/C62H45N/c1-61(2)55-31-17-15-28-49(55)51-39-38-48(40-57(51)61)63(47-36-34-43(35-37-47)42-20-7-3-8-21-42)58-33-19-30-52-59(58)53(44-22-9-4-10-23-44)41-54-50-29-16-18-32-56(50)62(60(52)54,45-24-11-5-12-25-45)46-26-13-6-14-27-46/h3-41H,1-2H3. The van der Waals surface area contributed by atoms with E-state index in [1.807, 2.05) is 0 Å². The first-order chi connectivity index (χ1) is 31.0. The molecule has 0 unspecified atom stereocenters. The molecule has 12 rings (SSSR count). The molecule has 1 nitrogen and oxygen atoms in total. The van der Waals surface area contributed by atoms with E-state index < -0.39 is 5.41 Å². The smallest absolute Gasteiger partial charge is 0.0719 e. The van der Waals surface area contributed by atoms with Crippen LogP contribution in [0.3, 0.4) is 0 Å². The van der Waals surface area contributed by atoms with Crippen molar-refractivity contribution in [1.82, 2.24) is 0 Å². The molecule has 0 aromatic heterocycles. The summed E-state index contributed by atoms with van der Waals surface area (Å²) in [6.45, 7) is 4.75. The van der Waals surface area contributed by atoms with Crippen LogP contribution in [-0.4, -0.2) is 0 Å². The molecule has 298 valence electrons. The fourth-order valence-electron chi connectivity index (χ4n) is 11.1. The first-order valence-electron chi connectivity index (χ1n) is 22.1. The molecule has 0 fully saturated rings. The maximum atomic E-state index is 2.52. The van der Waals surface area contributed by atoms with E-state index >= 15 is 0 Å². The van der Waals surface area contributed by atoms with Crippen molar-refractivity contribution < 1.29 is 0 Å². The predicted octanol–water partition coefficient (Wildman–Crippen LogP) is 16.3. The lowest BCUT2D eigenvalue weighted by molar-refractivity contribution is 0.660. The maximum Gasteiger partial charge on any atom is 0.0719 e. The van der Waals surface area contributed by atoms with Crippen molar-refractivity contribution in [3.05, 3.63) is 270 Å². The Labute approximate surface area is 370 Å². The molecule has 0 atom stereocenters. The summed E-state index contributed by atoms with van der Waals surface area (Å²) in [6.07, 6.45) is 0. The number of rotatable bonds is 7. The SMILES string of the molecule is CC1(C)c2ccccc2-c2ccc(N(c3ccc(-c4ccccc4)cc3)c3cccc4c5c(cc(-c6ccccc6)c34)-c3ccccc3C5(c3ccccc3)c3ccccc3)cc21. The Morgan fingerprint density at radius 2 is 0.841 bits per heavy atom. The van der Waals surface area contributed by atoms with Crippen LogP contribution in [0.2, 0.25) is 0 Å². The highest BCUT2D eigenvalue weighted by Gasteiger charge is 2.48. The van der Waals surface area contributed by atoms with Crippen LogP contribution in [0.25, 0.3) is 55.3 Å². The summed E-state index contributed by atoms with van der Waals surface area (Å²) in [5.74, 6) is 0. The zero-order chi connectivity index (χ0) is 42.1. The zero-order valence-electron chi connectivity index (χ0n) is 35.5. The minimum absolute atomic E-state index is 0.156. The maximum absolute atomic E-state index is 2.52. The highest BCUT2D eigenvalue weighted by Crippen LogP contribution is 2.60. The van der Waals surface area contributed by atoms with Crippen molar-refractivity contribution in [2.45, 2.75) is 24.7 Å². The molecule has 2 aliphatic rings. The lowest BCUT2D eigenvalue weighted by Crippen LogP contribution is -2.29. The molecule has 0 radical (unpaired) electrons. The molecule has 0 N–H and O–H groups in total. The molecular weight excluding hydrogens is 759 g/mol. The van der Waals surface area contributed by atoms with E-state index in [-0.39, 0.29) is 5.41 Å². The van der Waals surface area contributed by atoms with Crippen LogP contribution in [0, 0.1) is 0 Å². The molecule has 63 heavy (non-hydrogen) atoms. The van der Waals surface area contributed by atoms with Gasteiger partial charge in [-0.1, -0.05) is 214 Å². The zero-order valence-corrected chi connectivity index (χ0v) is 35.5. The van der Waals surface area contributed by atoms with E-state index in [0.29, 0.717) is 0 Å². The summed E-state index contributed by atoms with van der Waals surface area (Å²) in [6, 6.07) is 87.9. The molecule has 0 aliphatic heterocycles. The van der Waals surface area contributed by atoms with Crippen LogP contribution >= 0.6 is 0 Å². The number of benzene rings is 10. The van der Waals surface area contributed by atoms with Gasteiger partial charge in [-0.05, 0) is 120 Å². The largest absolute Gasteiger partial charge is 0.310 e. The Bertz CT molecular complexity index is 3290. The predicted molar refractivity (Wildman–Crippen MR) is 264 cm³/mol. The number of nitrogens with zero attached hydrogens (tertiary/aromatic N) is 1. The summed E-state index contributed by atoms with van der Waals surface area (Å²) in [5, 5.41) is 2.47. The molecule has 1 heteroatoms. The van der Waals surface area contributed by atoms with Crippen molar-refractivity contribution in [2.75, 3.05) is 4.90 Å². The van der Waals surface area contributed by atoms with Crippen LogP contribution in [0.1, 0.15) is 47.2 Å². The number of anilines is 3. The first-order valence-corrected chi connectivity index (χ1v) is 22.1. The molecule has 0 saturated carbocycles. The summed E-state index contributed by atoms with van der Waals surface area (Å²) in [7, 11) is 0. The van der Waals surface area contributed by atoms with Gasteiger partial charge in [0.15, 0.2) is 0 Å². The molecule has 0 amide bonds. The van der Waals surface area contributed by atoms with Gasteiger partial charge in [0.1, 0.15) is 0 Å². The summed E-state index contributed by atoms with van der Waals surface area (Å²) in [4.78, 5) is 2.52. The second kappa shape index (κ2) is 14.4. The van der Waals surface area contributed by atoms with Crippen molar-refractivity contribution >= 4 is 27.8 Å². The normalized spacial score (nSPS) is 13.8. The third kappa shape index (κ3) is 5.56. The highest BCUT2D eigenvalue weighted by atomic mass is 15.1. The van der Waals surface area contributed by atoms with Crippen LogP contribution in [0.4, 0.5) is 17.1 Å². The van der Waals surface area contributed by atoms with Gasteiger partial charge in [0, 0.05) is 22.2 Å². The molecule has 0 spiro atoms. The van der Waals surface area contributed by atoms with Crippen LogP contribution in [-0.2, 0) is 10.8 Å². The third-order valence-corrected chi connectivity index (χ3v) is 13.9. The molecule has 0 heterocycles. The van der Waals surface area contributed by atoms with Gasteiger partial charge in [-0.25, -0.2) is 0 Å². The Balaban J connectivity index is 1.20. The Morgan fingerprint density at radius 1 is 0.333 bits per heavy atom. The molecule has 0 saturated heterocycles. The monoisotopic (exact) mass is 803 g/mol. The average Bonchev–Trinajstić information content (AvgIpc) is 3.78. The second-order valence-electron chi connectivity index (χ2n) is 17.6. The topological polar surface area (TPSA) is 3.24 Å². The van der Waals surface area contributed by atoms with Gasteiger partial charge >= 0.3 is 0 Å². The van der Waals surface area contributed by atoms with Crippen molar-refractivity contribution in [3.8, 4) is 44.5 Å². The van der Waals surface area contributed by atoms with Crippen LogP contribution < -0.4 is 4.90 Å². The fraction of sp³-hybridized carbons (Fsp3) is 0.0645. The van der Waals surface area contributed by atoms with Gasteiger partial charge in [-0.2, -0.15) is 0 Å². The fourth-order valence-corrected chi connectivity index (χ4v) is 11.1. The van der Waals surface area contributed by atoms with Gasteiger partial charge in [-0.3, -0.25) is 0 Å². The molecule has 2 aliphatic carbocycles. The lowest BCUT2D eigenvalue weighted by atomic mass is 9.66. The molecule has 0 bridgehead atoms. The van der Waals surface area contributed by atoms with Gasteiger partial charge in [0.25, 0.3) is 0 Å². The van der Waals surface area contributed by atoms with E-state index in [4.69, 9.17) is 0 Å². The molecular formula is C62H45N. The van der Waals surface area contributed by atoms with E-state index in [1.165, 1.54) is 88.7 Å². The highest BCUT2D eigenvalue weighted by molar-refractivity contribution is 6.14. The second-order valence-corrected chi connectivity index (χ2v) is 17.6. The van der Waals surface area contributed by atoms with Crippen LogP contribution in [0.15, 0.2) is 237 Å². The quantitative estimate of drug-likeness (QED) is 0.155. The average molecular weight is 804 g/mol. The Morgan fingerprint density at radius 3 is 1.49 bits per heavy atom. The first kappa shape index (κ1) is 37.1. The number of hydrogen-bond acceptors (Lipinski definition) is 1. The van der Waals surface area contributed by atoms with E-state index in [9.17, 15) is 0 Å². The summed E-state index contributed by atoms with van der Waals surface area (Å²) in [5.41, 5.74) is 20.5. The van der Waals surface area contributed by atoms with Crippen molar-refractivity contribution in [2.24, 2.45) is 0 Å². The molecule has 10 aromatic rings. The lowest BCUT2D eigenvalue weighted by Gasteiger charge is -2.35. The van der Waals surface area contributed by atoms with Crippen LogP contribution in [0.5, 0.6) is 0 Å². The van der Waals surface area contributed by atoms with Gasteiger partial charge < -0.3 is 4.90 Å². The van der Waals surface area contributed by atoms with E-state index in [0.717, 1.165) is 17.1 Å². The third-order valence-electron chi connectivity index (χ3n) is 13.9. The van der Waals surface area contributed by atoms with Gasteiger partial charge in [0.2, 0.25) is 0 Å². The Kier molecular flexibility index (Phi) is 8.49. The van der Waals surface area contributed by atoms with E-state index in [1.54, 1.807) is 0 Å². The van der Waals surface area contributed by atoms with Crippen molar-refractivity contribution in [3.63, 3.8) is 0 Å². The summed E-state index contributed by atoms with van der Waals surface area (Å²) >= 11 is 0. The Hall–Kier alpha value is -7.74.